The fourth-order valence-electron chi connectivity index (χ4n) is 6.67. The molecule has 34 heavy (non-hydrogen) atoms. The molecule has 1 saturated heterocycles. The summed E-state index contributed by atoms with van der Waals surface area (Å²) in [7, 11) is 1.65. The van der Waals surface area contributed by atoms with E-state index in [1.807, 2.05) is 6.07 Å². The summed E-state index contributed by atoms with van der Waals surface area (Å²) in [6.07, 6.45) is 5.06. The second-order valence-electron chi connectivity index (χ2n) is 10.8. The summed E-state index contributed by atoms with van der Waals surface area (Å²) in [4.78, 5) is 37.0. The number of aliphatic hydroxyl groups is 1. The first kappa shape index (κ1) is 23.3. The number of piperidine rings is 1. The number of carboxylic acids is 1. The van der Waals surface area contributed by atoms with Crippen molar-refractivity contribution in [2.45, 2.75) is 81.4 Å². The van der Waals surface area contributed by atoms with Crippen LogP contribution < -0.4 is 15.4 Å². The number of hydrogen-bond donors (Lipinski definition) is 4. The molecule has 3 aliphatic carbocycles. The number of nitrogens with one attached hydrogen (secondary N) is 2. The Labute approximate surface area is 199 Å². The maximum Gasteiger partial charge on any atom is 0.325 e. The Morgan fingerprint density at radius 2 is 2.09 bits per heavy atom. The van der Waals surface area contributed by atoms with E-state index in [1.54, 1.807) is 7.11 Å². The smallest absolute Gasteiger partial charge is 0.325 e. The molecule has 2 saturated carbocycles. The van der Waals surface area contributed by atoms with Gasteiger partial charge < -0.3 is 25.6 Å². The van der Waals surface area contributed by atoms with Crippen molar-refractivity contribution in [2.24, 2.45) is 11.8 Å². The van der Waals surface area contributed by atoms with Gasteiger partial charge in [0.15, 0.2) is 0 Å². The molecule has 0 aromatic heterocycles. The quantitative estimate of drug-likeness (QED) is 0.476. The topological polar surface area (TPSA) is 125 Å². The molecule has 0 spiro atoms. The van der Waals surface area contributed by atoms with Crippen molar-refractivity contribution in [3.05, 3.63) is 28.8 Å². The molecule has 1 aromatic rings. The Bertz CT molecular complexity index is 1040. The van der Waals surface area contributed by atoms with Gasteiger partial charge >= 0.3 is 5.97 Å². The van der Waals surface area contributed by atoms with Crippen molar-refractivity contribution in [3.63, 3.8) is 0 Å². The van der Waals surface area contributed by atoms with Gasteiger partial charge in [-0.15, -0.1) is 0 Å². The van der Waals surface area contributed by atoms with E-state index in [0.29, 0.717) is 18.8 Å². The number of Topliss-reactive ketones (excluding diaryl/α,β-unsaturated/α-hetero) is 1. The molecule has 3 fully saturated rings. The molecule has 1 aliphatic heterocycles. The SMILES string of the molecule is COc1cc(CC2CC2)c2c(c1)[C@]13CCN[C@H](C2)[C@]1(O)C[C@H](CC(=O)N[C@@H](C)C(=O)O)C(=O)C3. The van der Waals surface area contributed by atoms with Gasteiger partial charge in [-0.1, -0.05) is 0 Å². The van der Waals surface area contributed by atoms with E-state index in [2.05, 4.69) is 16.7 Å². The number of carbonyl (C=O) groups is 3. The van der Waals surface area contributed by atoms with Gasteiger partial charge in [-0.05, 0) is 86.7 Å². The highest BCUT2D eigenvalue weighted by Gasteiger charge is 2.65. The zero-order chi connectivity index (χ0) is 24.3. The van der Waals surface area contributed by atoms with Crippen molar-refractivity contribution < 1.29 is 29.3 Å². The first-order chi connectivity index (χ1) is 16.2. The number of aliphatic carboxylic acids is 1. The molecule has 184 valence electrons. The third kappa shape index (κ3) is 3.71. The maximum absolute atomic E-state index is 13.4. The Kier molecular flexibility index (Phi) is 5.72. The highest BCUT2D eigenvalue weighted by atomic mass is 16.5. The summed E-state index contributed by atoms with van der Waals surface area (Å²) in [6, 6.07) is 2.92. The molecule has 1 heterocycles. The van der Waals surface area contributed by atoms with E-state index in [0.717, 1.165) is 24.3 Å². The number of carboxylic acid groups (broad SMARTS) is 1. The van der Waals surface area contributed by atoms with Gasteiger partial charge in [-0.2, -0.15) is 0 Å². The first-order valence-corrected chi connectivity index (χ1v) is 12.4. The van der Waals surface area contributed by atoms with Crippen LogP contribution in [0.1, 0.15) is 62.1 Å². The van der Waals surface area contributed by atoms with Crippen LogP contribution in [-0.4, -0.2) is 59.2 Å². The molecule has 5 atom stereocenters. The van der Waals surface area contributed by atoms with Crippen LogP contribution in [0.25, 0.3) is 0 Å². The average molecular weight is 471 g/mol. The zero-order valence-corrected chi connectivity index (χ0v) is 19.9. The standard InChI is InChI=1S/C26H34N2O6/c1-14(24(31)32)28-23(30)9-17-12-26(33)22-11-19-16(7-15-3-4-15)8-18(34-2)10-20(19)25(26,5-6-27-22)13-21(17)29/h8,10,14-15,17,22,27,33H,3-7,9,11-13H2,1-2H3,(H,28,30)(H,31,32)/t14-,17-,22+,25+,26+/m0/s1. The lowest BCUT2D eigenvalue weighted by Crippen LogP contribution is -2.73. The summed E-state index contributed by atoms with van der Waals surface area (Å²) in [5, 5.41) is 27.3. The summed E-state index contributed by atoms with van der Waals surface area (Å²) in [5.41, 5.74) is 1.68. The van der Waals surface area contributed by atoms with E-state index < -0.39 is 34.9 Å². The van der Waals surface area contributed by atoms with Gasteiger partial charge in [0.1, 0.15) is 17.6 Å². The van der Waals surface area contributed by atoms with Crippen LogP contribution in [0.5, 0.6) is 5.75 Å². The second-order valence-corrected chi connectivity index (χ2v) is 10.8. The minimum absolute atomic E-state index is 0.0390. The molecule has 0 radical (unpaired) electrons. The maximum atomic E-state index is 13.4. The molecular formula is C26H34N2O6. The van der Waals surface area contributed by atoms with Crippen LogP contribution in [0.2, 0.25) is 0 Å². The number of hydrogen-bond acceptors (Lipinski definition) is 6. The number of amides is 1. The molecule has 2 bridgehead atoms. The average Bonchev–Trinajstić information content (AvgIpc) is 3.58. The number of rotatable bonds is 7. The number of ketones is 1. The fourth-order valence-corrected chi connectivity index (χ4v) is 6.67. The Morgan fingerprint density at radius 1 is 1.32 bits per heavy atom. The van der Waals surface area contributed by atoms with Crippen molar-refractivity contribution in [2.75, 3.05) is 13.7 Å². The number of methoxy groups -OCH3 is 1. The third-order valence-electron chi connectivity index (χ3n) is 8.70. The summed E-state index contributed by atoms with van der Waals surface area (Å²) in [6.45, 7) is 2.11. The number of fused-ring (bicyclic) bond motifs is 1. The van der Waals surface area contributed by atoms with Crippen molar-refractivity contribution >= 4 is 17.7 Å². The molecule has 1 amide bonds. The highest BCUT2D eigenvalue weighted by Crippen LogP contribution is 2.58. The van der Waals surface area contributed by atoms with Gasteiger partial charge in [0.2, 0.25) is 5.91 Å². The van der Waals surface area contributed by atoms with Gasteiger partial charge in [0.05, 0.1) is 12.7 Å². The zero-order valence-electron chi connectivity index (χ0n) is 19.9. The summed E-state index contributed by atoms with van der Waals surface area (Å²) >= 11 is 0. The number of benzene rings is 1. The third-order valence-corrected chi connectivity index (χ3v) is 8.70. The highest BCUT2D eigenvalue weighted by molar-refractivity contribution is 5.91. The first-order valence-electron chi connectivity index (χ1n) is 12.4. The van der Waals surface area contributed by atoms with Gasteiger partial charge in [-0.25, -0.2) is 0 Å². The van der Waals surface area contributed by atoms with E-state index in [9.17, 15) is 19.5 Å². The van der Waals surface area contributed by atoms with Crippen LogP contribution >= 0.6 is 0 Å². The molecular weight excluding hydrogens is 436 g/mol. The number of ether oxygens (including phenoxy) is 1. The van der Waals surface area contributed by atoms with Crippen molar-refractivity contribution in [1.29, 1.82) is 0 Å². The predicted octanol–water partition coefficient (Wildman–Crippen LogP) is 1.49. The van der Waals surface area contributed by atoms with Crippen LogP contribution in [0.4, 0.5) is 0 Å². The summed E-state index contributed by atoms with van der Waals surface area (Å²) in [5.74, 6) is -0.816. The van der Waals surface area contributed by atoms with E-state index >= 15 is 0 Å². The minimum atomic E-state index is -1.17. The van der Waals surface area contributed by atoms with Crippen LogP contribution in [0.3, 0.4) is 0 Å². The summed E-state index contributed by atoms with van der Waals surface area (Å²) < 4.78 is 5.64. The van der Waals surface area contributed by atoms with Gasteiger partial charge in [-0.3, -0.25) is 14.4 Å². The largest absolute Gasteiger partial charge is 0.497 e. The monoisotopic (exact) mass is 470 g/mol. The van der Waals surface area contributed by atoms with Crippen molar-refractivity contribution in [1.82, 2.24) is 10.6 Å². The van der Waals surface area contributed by atoms with Gasteiger partial charge in [0.25, 0.3) is 0 Å². The Balaban J connectivity index is 1.49. The molecule has 4 N–H and O–H groups in total. The van der Waals surface area contributed by atoms with E-state index in [-0.39, 0.29) is 31.1 Å². The van der Waals surface area contributed by atoms with Crippen LogP contribution in [-0.2, 0) is 32.6 Å². The normalized spacial score (nSPS) is 32.9. The van der Waals surface area contributed by atoms with Gasteiger partial charge in [0, 0.05) is 30.2 Å². The van der Waals surface area contributed by atoms with E-state index in [1.165, 1.54) is 30.9 Å². The Hall–Kier alpha value is -2.45. The Morgan fingerprint density at radius 3 is 2.76 bits per heavy atom. The molecule has 4 aliphatic rings. The molecule has 1 aromatic carbocycles. The lowest BCUT2D eigenvalue weighted by Gasteiger charge is -2.62. The molecule has 8 heteroatoms. The molecule has 8 nitrogen and oxygen atoms in total. The second kappa shape index (κ2) is 8.34. The van der Waals surface area contributed by atoms with Crippen molar-refractivity contribution in [3.8, 4) is 5.75 Å². The van der Waals surface area contributed by atoms with Crippen LogP contribution in [0, 0.1) is 11.8 Å². The van der Waals surface area contributed by atoms with E-state index in [4.69, 9.17) is 9.84 Å². The molecule has 0 unspecified atom stereocenters. The number of carbonyl (C=O) groups excluding carboxylic acids is 2. The minimum Gasteiger partial charge on any atom is -0.497 e. The molecule has 5 rings (SSSR count). The lowest BCUT2D eigenvalue weighted by molar-refractivity contribution is -0.161. The predicted molar refractivity (Wildman–Crippen MR) is 124 cm³/mol. The van der Waals surface area contributed by atoms with Crippen LogP contribution in [0.15, 0.2) is 12.1 Å². The lowest BCUT2D eigenvalue weighted by atomic mass is 9.47. The fraction of sp³-hybridized carbons (Fsp3) is 0.654.